The van der Waals surface area contributed by atoms with Crippen LogP contribution in [0.1, 0.15) is 51.6 Å². The van der Waals surface area contributed by atoms with Gasteiger partial charge in [-0.1, -0.05) is 37.3 Å². The fraction of sp³-hybridized carbons (Fsp3) is 0.368. The number of ether oxygens (including phenoxy) is 3. The number of carbonyl (C=O) groups excluding carboxylic acids is 5. The van der Waals surface area contributed by atoms with Crippen LogP contribution in [0, 0.1) is 0 Å². The van der Waals surface area contributed by atoms with Gasteiger partial charge in [0.1, 0.15) is 17.0 Å². The minimum atomic E-state index is -1.05. The Labute approximate surface area is 322 Å². The lowest BCUT2D eigenvalue weighted by atomic mass is 10.0. The van der Waals surface area contributed by atoms with Gasteiger partial charge < -0.3 is 40.4 Å². The number of methoxy groups -OCH3 is 2. The Hall–Kier alpha value is -6.10. The van der Waals surface area contributed by atoms with Crippen molar-refractivity contribution < 1.29 is 38.2 Å². The van der Waals surface area contributed by atoms with Crippen molar-refractivity contribution in [3.63, 3.8) is 0 Å². The number of aryl methyl sites for hydroxylation is 1. The van der Waals surface area contributed by atoms with Crippen molar-refractivity contribution >= 4 is 40.9 Å². The second-order valence-electron chi connectivity index (χ2n) is 12.4. The van der Waals surface area contributed by atoms with Crippen molar-refractivity contribution in [2.24, 2.45) is 0 Å². The number of thiazole rings is 1. The molecule has 4 heterocycles. The molecule has 55 heavy (non-hydrogen) atoms. The van der Waals surface area contributed by atoms with E-state index in [1.807, 2.05) is 37.3 Å². The van der Waals surface area contributed by atoms with Crippen LogP contribution < -0.4 is 35.5 Å². The highest BCUT2D eigenvalue weighted by atomic mass is 32.1. The molecule has 0 unspecified atom stereocenters. The summed E-state index contributed by atoms with van der Waals surface area (Å²) in [6, 6.07) is 11.7. The molecule has 2 aliphatic rings. The maximum Gasteiger partial charge on any atom is 0.266 e. The molecule has 0 fully saturated rings. The largest absolute Gasteiger partial charge is 0.493 e. The van der Waals surface area contributed by atoms with E-state index in [4.69, 9.17) is 14.2 Å². The Morgan fingerprint density at radius 2 is 1.65 bits per heavy atom. The zero-order valence-electron chi connectivity index (χ0n) is 31.0. The highest BCUT2D eigenvalue weighted by Crippen LogP contribution is 2.38. The van der Waals surface area contributed by atoms with Gasteiger partial charge in [0.25, 0.3) is 11.8 Å². The molecule has 0 spiro atoms. The first-order valence-electron chi connectivity index (χ1n) is 17.8. The van der Waals surface area contributed by atoms with Crippen molar-refractivity contribution in [2.45, 2.75) is 45.2 Å². The number of fused-ring (bicyclic) bond motifs is 19. The van der Waals surface area contributed by atoms with Crippen LogP contribution in [0.2, 0.25) is 0 Å². The smallest absolute Gasteiger partial charge is 0.266 e. The summed E-state index contributed by atoms with van der Waals surface area (Å²) in [5, 5.41) is 11.6. The van der Waals surface area contributed by atoms with Gasteiger partial charge in [0.15, 0.2) is 22.3 Å². The van der Waals surface area contributed by atoms with Crippen molar-refractivity contribution in [3.8, 4) is 28.1 Å². The normalized spacial score (nSPS) is 17.7. The van der Waals surface area contributed by atoms with Gasteiger partial charge in [-0.05, 0) is 43.5 Å². The molecule has 2 aliphatic heterocycles. The van der Waals surface area contributed by atoms with Crippen LogP contribution in [-0.2, 0) is 27.2 Å². The highest BCUT2D eigenvalue weighted by Gasteiger charge is 2.28. The number of nitrogens with zero attached hydrogens (tertiary/aromatic N) is 4. The van der Waals surface area contributed by atoms with Gasteiger partial charge in [-0.2, -0.15) is 0 Å². The number of rotatable bonds is 7. The molecule has 6 rings (SSSR count). The number of amides is 5. The first-order chi connectivity index (χ1) is 26.6. The molecule has 0 radical (unpaired) electrons. The Morgan fingerprint density at radius 3 is 2.33 bits per heavy atom. The number of hydrogen-bond donors (Lipinski definition) is 4. The van der Waals surface area contributed by atoms with Crippen LogP contribution >= 0.6 is 11.3 Å². The van der Waals surface area contributed by atoms with Gasteiger partial charge in [-0.3, -0.25) is 24.0 Å². The molecule has 2 aromatic heterocycles. The first kappa shape index (κ1) is 40.1. The molecule has 2 bridgehead atoms. The standard InChI is InChI=1S/C38H44N8O8S/c1-5-26-32(55-37(45-26)33-40-13-9-14-41-33)38(51)46-17-16-42-36(50)27(19-24-11-7-6-8-12-24)44-34(48)23(2)43-35(49)25-20-28(52-3)31(29(21-25)53-4)54-18-10-15-39-30(47)22-46/h6-9,11-14,20-21,23,27H,5,10,15-19,22H2,1-4H3,(H,39,47)(H,42,50)(H,43,49)(H,44,48)/t23-,27+/m0/s1. The van der Waals surface area contributed by atoms with E-state index in [1.165, 1.54) is 38.2 Å². The Balaban J connectivity index is 1.43. The monoisotopic (exact) mass is 772 g/mol. The molecule has 4 N–H and O–H groups in total. The molecule has 5 amide bonds. The van der Waals surface area contributed by atoms with Crippen molar-refractivity contribution in [1.29, 1.82) is 0 Å². The minimum Gasteiger partial charge on any atom is -0.493 e. The summed E-state index contributed by atoms with van der Waals surface area (Å²) in [4.78, 5) is 82.7. The number of benzene rings is 2. The van der Waals surface area contributed by atoms with Gasteiger partial charge in [0.05, 0.1) is 33.1 Å². The van der Waals surface area contributed by atoms with Crippen LogP contribution in [0.25, 0.3) is 10.8 Å². The van der Waals surface area contributed by atoms with Crippen molar-refractivity contribution in [2.75, 3.05) is 47.0 Å². The van der Waals surface area contributed by atoms with Gasteiger partial charge in [-0.25, -0.2) is 15.0 Å². The molecule has 2 atom stereocenters. The zero-order chi connectivity index (χ0) is 39.3. The molecule has 17 heteroatoms. The minimum absolute atomic E-state index is 0.0344. The Morgan fingerprint density at radius 1 is 0.945 bits per heavy atom. The third kappa shape index (κ3) is 10.5. The lowest BCUT2D eigenvalue weighted by Crippen LogP contribution is -2.54. The number of carbonyl (C=O) groups is 5. The number of aromatic nitrogens is 3. The van der Waals surface area contributed by atoms with Crippen LogP contribution in [-0.4, -0.2) is 108 Å². The fourth-order valence-corrected chi connectivity index (χ4v) is 6.73. The summed E-state index contributed by atoms with van der Waals surface area (Å²) in [6.07, 6.45) is 4.14. The van der Waals surface area contributed by atoms with E-state index in [1.54, 1.807) is 18.5 Å². The van der Waals surface area contributed by atoms with Crippen molar-refractivity contribution in [3.05, 3.63) is 82.6 Å². The molecular weight excluding hydrogens is 729 g/mol. The molecule has 0 aliphatic carbocycles. The summed E-state index contributed by atoms with van der Waals surface area (Å²) in [5.74, 6) is -1.51. The Bertz CT molecular complexity index is 1950. The fourth-order valence-electron chi connectivity index (χ4n) is 5.65. The van der Waals surface area contributed by atoms with E-state index in [0.717, 1.165) is 16.9 Å². The van der Waals surface area contributed by atoms with E-state index in [0.29, 0.717) is 34.2 Å². The van der Waals surface area contributed by atoms with Crippen LogP contribution in [0.3, 0.4) is 0 Å². The van der Waals surface area contributed by atoms with Gasteiger partial charge in [0, 0.05) is 44.0 Å². The van der Waals surface area contributed by atoms with E-state index < -0.39 is 41.6 Å². The summed E-state index contributed by atoms with van der Waals surface area (Å²) in [6.45, 7) is 3.37. The average molecular weight is 773 g/mol. The predicted octanol–water partition coefficient (Wildman–Crippen LogP) is 2.18. The van der Waals surface area contributed by atoms with Gasteiger partial charge >= 0.3 is 0 Å². The van der Waals surface area contributed by atoms with Gasteiger partial charge in [-0.15, -0.1) is 11.3 Å². The molecule has 2 aromatic carbocycles. The quantitative estimate of drug-likeness (QED) is 0.201. The number of nitrogens with one attached hydrogen (secondary N) is 4. The maximum atomic E-state index is 14.1. The SMILES string of the molecule is CCc1nc(-c2ncccn2)sc1C(=O)N1CCNC(=O)[C@@H](Cc2ccccc2)NC(=O)[C@H](C)NC(=O)c2cc(OC)c(c(OC)c2)OCCCNC(=O)C1. The topological polar surface area (TPSA) is 203 Å². The van der Waals surface area contributed by atoms with E-state index in [2.05, 4.69) is 36.2 Å². The third-order valence-corrected chi connectivity index (χ3v) is 9.64. The highest BCUT2D eigenvalue weighted by molar-refractivity contribution is 7.17. The van der Waals surface area contributed by atoms with Gasteiger partial charge in [0.2, 0.25) is 23.5 Å². The predicted molar refractivity (Wildman–Crippen MR) is 203 cm³/mol. The summed E-state index contributed by atoms with van der Waals surface area (Å²) < 4.78 is 17.0. The average Bonchev–Trinajstić information content (AvgIpc) is 3.64. The summed E-state index contributed by atoms with van der Waals surface area (Å²) in [5.41, 5.74) is 1.47. The van der Waals surface area contributed by atoms with Crippen LogP contribution in [0.5, 0.6) is 17.2 Å². The lowest BCUT2D eigenvalue weighted by Gasteiger charge is -2.24. The van der Waals surface area contributed by atoms with Crippen LogP contribution in [0.15, 0.2) is 60.9 Å². The molecular formula is C38H44N8O8S. The van der Waals surface area contributed by atoms with Crippen molar-refractivity contribution in [1.82, 2.24) is 41.1 Å². The summed E-state index contributed by atoms with van der Waals surface area (Å²) in [7, 11) is 2.83. The number of hydrogen-bond acceptors (Lipinski definition) is 12. The molecule has 290 valence electrons. The van der Waals surface area contributed by atoms with Crippen LogP contribution in [0.4, 0.5) is 0 Å². The molecule has 16 nitrogen and oxygen atoms in total. The van der Waals surface area contributed by atoms with E-state index >= 15 is 0 Å². The van der Waals surface area contributed by atoms with E-state index in [9.17, 15) is 24.0 Å². The molecule has 4 aromatic rings. The lowest BCUT2D eigenvalue weighted by molar-refractivity contribution is -0.129. The Kier molecular flexibility index (Phi) is 14.1. The van der Waals surface area contributed by atoms with E-state index in [-0.39, 0.29) is 62.0 Å². The third-order valence-electron chi connectivity index (χ3n) is 8.56. The molecule has 0 saturated heterocycles. The second kappa shape index (κ2) is 19.3. The first-order valence-corrected chi connectivity index (χ1v) is 18.6. The zero-order valence-corrected chi connectivity index (χ0v) is 31.9. The second-order valence-corrected chi connectivity index (χ2v) is 13.4. The molecule has 0 saturated carbocycles. The maximum absolute atomic E-state index is 14.1. The summed E-state index contributed by atoms with van der Waals surface area (Å²) >= 11 is 1.13.